The van der Waals surface area contributed by atoms with Crippen LogP contribution in [0, 0.1) is 11.3 Å². The average molecular weight is 834 g/mol. The number of benzene rings is 1. The number of nitrogens with one attached hydrogen (secondary N) is 3. The molecule has 20 heteroatoms. The quantitative estimate of drug-likeness (QED) is 0.248. The lowest BCUT2D eigenvalue weighted by Crippen LogP contribution is -2.60. The number of pyridine rings is 1. The van der Waals surface area contributed by atoms with E-state index in [1.807, 2.05) is 4.72 Å². The second-order valence-corrected chi connectivity index (χ2v) is 18.0. The molecule has 3 aliphatic rings. The van der Waals surface area contributed by atoms with Crippen LogP contribution < -0.4 is 24.8 Å². The third-order valence-corrected chi connectivity index (χ3v) is 11.7. The van der Waals surface area contributed by atoms with E-state index in [1.165, 1.54) is 13.2 Å². The SMILES string of the molecule is CC[C@@H]1C[C@]1(NC(=O)[C@@H]1C[C@@H](Oc2cc(OC)nc3c(Cl)cccc23)CN1C(=O)[C@@H](NC(=O)OC(C)(C)C(F)(F)F)C(C)(C)C)C(=O)NS(=O)(=O)OC1(C)CC1. The van der Waals surface area contributed by atoms with Gasteiger partial charge in [0.2, 0.25) is 23.3 Å². The lowest BCUT2D eigenvalue weighted by Gasteiger charge is -2.36. The highest BCUT2D eigenvalue weighted by Gasteiger charge is 2.62. The highest BCUT2D eigenvalue weighted by atomic mass is 35.5. The first-order chi connectivity index (χ1) is 25.7. The summed E-state index contributed by atoms with van der Waals surface area (Å²) in [7, 11) is -3.15. The van der Waals surface area contributed by atoms with Crippen LogP contribution in [0.4, 0.5) is 18.0 Å². The number of ether oxygens (including phenoxy) is 3. The number of amides is 4. The maximum atomic E-state index is 14.5. The van der Waals surface area contributed by atoms with E-state index in [-0.39, 0.29) is 31.0 Å². The molecule has 0 radical (unpaired) electrons. The zero-order chi connectivity index (χ0) is 41.8. The number of carbonyl (C=O) groups excluding carboxylic acids is 4. The van der Waals surface area contributed by atoms with E-state index in [2.05, 4.69) is 15.6 Å². The first-order valence-corrected chi connectivity index (χ1v) is 19.8. The van der Waals surface area contributed by atoms with Crippen LogP contribution >= 0.6 is 11.6 Å². The van der Waals surface area contributed by atoms with Crippen LogP contribution in [0.3, 0.4) is 0 Å². The van der Waals surface area contributed by atoms with Crippen molar-refractivity contribution in [1.29, 1.82) is 0 Å². The summed E-state index contributed by atoms with van der Waals surface area (Å²) < 4.78 is 89.8. The highest BCUT2D eigenvalue weighted by molar-refractivity contribution is 7.85. The molecule has 3 fully saturated rings. The van der Waals surface area contributed by atoms with E-state index < -0.39 is 86.6 Å². The van der Waals surface area contributed by atoms with Crippen molar-refractivity contribution in [1.82, 2.24) is 25.2 Å². The van der Waals surface area contributed by atoms with Gasteiger partial charge in [-0.2, -0.15) is 21.6 Å². The summed E-state index contributed by atoms with van der Waals surface area (Å²) in [6.07, 6.45) is -6.10. The molecule has 310 valence electrons. The number of methoxy groups -OCH3 is 1. The van der Waals surface area contributed by atoms with E-state index in [4.69, 9.17) is 30.0 Å². The van der Waals surface area contributed by atoms with Crippen molar-refractivity contribution in [2.45, 2.75) is 122 Å². The van der Waals surface area contributed by atoms with Crippen molar-refractivity contribution in [2.75, 3.05) is 13.7 Å². The molecule has 15 nitrogen and oxygen atoms in total. The maximum absolute atomic E-state index is 14.5. The molecule has 0 unspecified atom stereocenters. The fourth-order valence-corrected chi connectivity index (χ4v) is 7.90. The standard InChI is InChI=1S/C36H47ClF3N5O10S/c1-9-19-17-35(19,30(48)44-56(50,51)55-34(7)13-14-34)43-28(46)23-15-20(53-24-16-25(52-8)41-26-21(24)11-10-12-22(26)37)18-45(23)29(47)27(32(2,3)4)42-31(49)54-33(5,6)36(38,39)40/h10-12,16,19-20,23,27H,9,13-15,17-18H2,1-8H3,(H,42,49)(H,43,46)(H,44,48)/t19-,20-,23+,27-,35-/m1/s1. The van der Waals surface area contributed by atoms with E-state index in [9.17, 15) is 40.8 Å². The van der Waals surface area contributed by atoms with Gasteiger partial charge in [0.05, 0.1) is 29.8 Å². The van der Waals surface area contributed by atoms with Gasteiger partial charge in [-0.3, -0.25) is 14.4 Å². The van der Waals surface area contributed by atoms with Gasteiger partial charge in [-0.25, -0.2) is 18.7 Å². The lowest BCUT2D eigenvalue weighted by molar-refractivity contribution is -0.244. The second kappa shape index (κ2) is 15.0. The largest absolute Gasteiger partial charge is 0.488 e. The Bertz CT molecular complexity index is 2010. The number of nitrogens with zero attached hydrogens (tertiary/aromatic N) is 2. The molecule has 2 aromatic rings. The van der Waals surface area contributed by atoms with Gasteiger partial charge in [0.15, 0.2) is 0 Å². The number of likely N-dealkylation sites (tertiary alicyclic amines) is 1. The summed E-state index contributed by atoms with van der Waals surface area (Å²) in [4.78, 5) is 60.8. The summed E-state index contributed by atoms with van der Waals surface area (Å²) in [5.74, 6) is -2.78. The normalized spacial score (nSPS) is 23.9. The summed E-state index contributed by atoms with van der Waals surface area (Å²) in [6.45, 7) is 9.07. The summed E-state index contributed by atoms with van der Waals surface area (Å²) in [5, 5.41) is 5.74. The van der Waals surface area contributed by atoms with Gasteiger partial charge in [-0.05, 0) is 63.5 Å². The maximum Gasteiger partial charge on any atom is 0.427 e. The highest BCUT2D eigenvalue weighted by Crippen LogP contribution is 2.47. The number of aromatic nitrogens is 1. The molecule has 1 aromatic heterocycles. The van der Waals surface area contributed by atoms with Crippen molar-refractivity contribution in [2.24, 2.45) is 11.3 Å². The Balaban J connectivity index is 1.47. The zero-order valence-corrected chi connectivity index (χ0v) is 33.8. The molecular formula is C36H47ClF3N5O10S. The molecule has 1 saturated heterocycles. The van der Waals surface area contributed by atoms with Crippen LogP contribution in [0.1, 0.15) is 80.6 Å². The molecule has 0 bridgehead atoms. The molecule has 2 heterocycles. The van der Waals surface area contributed by atoms with E-state index >= 15 is 0 Å². The Morgan fingerprint density at radius 3 is 2.32 bits per heavy atom. The molecule has 5 atom stereocenters. The third-order valence-electron chi connectivity index (χ3n) is 10.3. The Morgan fingerprint density at radius 1 is 1.11 bits per heavy atom. The van der Waals surface area contributed by atoms with Gasteiger partial charge in [0.25, 0.3) is 5.91 Å². The minimum Gasteiger partial charge on any atom is -0.488 e. The van der Waals surface area contributed by atoms with Crippen LogP contribution in [-0.4, -0.2) is 96.9 Å². The molecule has 5 rings (SSSR count). The number of alkyl halides is 3. The van der Waals surface area contributed by atoms with Gasteiger partial charge in [0, 0.05) is 17.9 Å². The number of alkyl carbamates (subject to hydrolysis) is 1. The number of fused-ring (bicyclic) bond motifs is 1. The van der Waals surface area contributed by atoms with Crippen LogP contribution in [-0.2, 0) is 33.6 Å². The van der Waals surface area contributed by atoms with Crippen molar-refractivity contribution in [3.63, 3.8) is 0 Å². The van der Waals surface area contributed by atoms with Crippen molar-refractivity contribution >= 4 is 56.6 Å². The third kappa shape index (κ3) is 9.20. The molecule has 1 aromatic carbocycles. The summed E-state index contributed by atoms with van der Waals surface area (Å²) in [6, 6.07) is 3.58. The fraction of sp³-hybridized carbons (Fsp3) is 0.639. The molecule has 56 heavy (non-hydrogen) atoms. The Hall–Kier alpha value is -4.10. The van der Waals surface area contributed by atoms with E-state index in [0.717, 1.165) is 4.90 Å². The van der Waals surface area contributed by atoms with Crippen LogP contribution in [0.2, 0.25) is 5.02 Å². The zero-order valence-electron chi connectivity index (χ0n) is 32.3. The van der Waals surface area contributed by atoms with E-state index in [0.29, 0.717) is 49.0 Å². The van der Waals surface area contributed by atoms with Crippen LogP contribution in [0.25, 0.3) is 10.9 Å². The molecule has 1 aliphatic heterocycles. The smallest absolute Gasteiger partial charge is 0.427 e. The number of rotatable bonds is 13. The number of halogens is 4. The predicted octanol–water partition coefficient (Wildman–Crippen LogP) is 4.94. The molecule has 4 amide bonds. The van der Waals surface area contributed by atoms with Gasteiger partial charge < -0.3 is 29.7 Å². The molecule has 0 spiro atoms. The summed E-state index contributed by atoms with van der Waals surface area (Å²) in [5.41, 5.74) is -6.29. The Kier molecular flexibility index (Phi) is 11.5. The second-order valence-electron chi connectivity index (χ2n) is 16.3. The number of para-hydroxylation sites is 1. The van der Waals surface area contributed by atoms with Gasteiger partial charge >= 0.3 is 22.6 Å². The van der Waals surface area contributed by atoms with Gasteiger partial charge in [0.1, 0.15) is 29.5 Å². The lowest BCUT2D eigenvalue weighted by atomic mass is 9.85. The average Bonchev–Trinajstić information content (AvgIpc) is 3.94. The van der Waals surface area contributed by atoms with Crippen molar-refractivity contribution < 1.29 is 59.2 Å². The number of hydrogen-bond acceptors (Lipinski definition) is 11. The van der Waals surface area contributed by atoms with Crippen LogP contribution in [0.15, 0.2) is 24.3 Å². The van der Waals surface area contributed by atoms with Gasteiger partial charge in [-0.1, -0.05) is 51.8 Å². The minimum absolute atomic E-state index is 0.0883. The minimum atomic E-state index is -4.93. The first kappa shape index (κ1) is 43.0. The van der Waals surface area contributed by atoms with Crippen molar-refractivity contribution in [3.8, 4) is 11.6 Å². The Morgan fingerprint density at radius 2 is 1.77 bits per heavy atom. The first-order valence-electron chi connectivity index (χ1n) is 18.0. The van der Waals surface area contributed by atoms with Gasteiger partial charge in [-0.15, -0.1) is 0 Å². The molecule has 2 saturated carbocycles. The fourth-order valence-electron chi connectivity index (χ4n) is 6.53. The van der Waals surface area contributed by atoms with E-state index in [1.54, 1.807) is 52.8 Å². The van der Waals surface area contributed by atoms with Crippen molar-refractivity contribution in [3.05, 3.63) is 29.3 Å². The molecular weight excluding hydrogens is 787 g/mol. The monoisotopic (exact) mass is 833 g/mol. The Labute approximate surface area is 327 Å². The summed E-state index contributed by atoms with van der Waals surface area (Å²) >= 11 is 6.41. The van der Waals surface area contributed by atoms with Crippen LogP contribution in [0.5, 0.6) is 11.6 Å². The molecule has 3 N–H and O–H groups in total. The molecule has 2 aliphatic carbocycles. The predicted molar refractivity (Wildman–Crippen MR) is 196 cm³/mol. The number of hydrogen-bond donors (Lipinski definition) is 3. The number of carbonyl (C=O) groups is 4. The topological polar surface area (TPSA) is 192 Å².